The van der Waals surface area contributed by atoms with Gasteiger partial charge in [0.25, 0.3) is 11.8 Å². The minimum absolute atomic E-state index is 0.243. The first-order chi connectivity index (χ1) is 14.5. The van der Waals surface area contributed by atoms with Gasteiger partial charge in [-0.2, -0.15) is 0 Å². The molecule has 0 saturated carbocycles. The normalized spacial score (nSPS) is 13.9. The molecule has 0 aliphatic carbocycles. The van der Waals surface area contributed by atoms with Crippen LogP contribution in [-0.4, -0.2) is 43.6 Å². The first-order valence-electron chi connectivity index (χ1n) is 9.82. The zero-order valence-electron chi connectivity index (χ0n) is 17.3. The van der Waals surface area contributed by atoms with Crippen molar-refractivity contribution in [2.45, 2.75) is 20.3 Å². The Bertz CT molecular complexity index is 970. The number of nitrogens with one attached hydrogen (secondary N) is 1. The van der Waals surface area contributed by atoms with E-state index in [-0.39, 0.29) is 24.1 Å². The van der Waals surface area contributed by atoms with Crippen molar-refractivity contribution in [2.24, 2.45) is 0 Å². The van der Waals surface area contributed by atoms with Crippen molar-refractivity contribution in [3.8, 4) is 5.75 Å². The van der Waals surface area contributed by atoms with Crippen LogP contribution >= 0.6 is 11.6 Å². The summed E-state index contributed by atoms with van der Waals surface area (Å²) >= 11 is 6.13. The van der Waals surface area contributed by atoms with Crippen molar-refractivity contribution in [3.63, 3.8) is 0 Å². The molecule has 158 valence electrons. The van der Waals surface area contributed by atoms with Gasteiger partial charge in [0.2, 0.25) is 0 Å². The molecule has 0 spiro atoms. The van der Waals surface area contributed by atoms with Crippen molar-refractivity contribution in [3.05, 3.63) is 64.3 Å². The van der Waals surface area contributed by atoms with Crippen LogP contribution in [0.5, 0.6) is 5.75 Å². The standard InChI is InChI=1S/C23H25ClN2O4/c1-4-30-13-5-12-26-22(27)20(16-7-10-18(29-3)11-8-16)21(23(26)28)25-19-14-17(24)9-6-15(19)2/h6-11,14,25H,4-5,12-13H2,1-3H3. The lowest BCUT2D eigenvalue weighted by Gasteiger charge is -2.15. The average Bonchev–Trinajstić information content (AvgIpc) is 2.98. The molecule has 2 aromatic carbocycles. The molecule has 0 unspecified atom stereocenters. The molecule has 1 aliphatic heterocycles. The number of halogens is 1. The maximum Gasteiger partial charge on any atom is 0.278 e. The van der Waals surface area contributed by atoms with E-state index in [0.29, 0.717) is 47.2 Å². The Labute approximate surface area is 181 Å². The number of hydrogen-bond acceptors (Lipinski definition) is 5. The van der Waals surface area contributed by atoms with Crippen molar-refractivity contribution in [1.82, 2.24) is 4.90 Å². The first-order valence-corrected chi connectivity index (χ1v) is 10.2. The summed E-state index contributed by atoms with van der Waals surface area (Å²) in [6.07, 6.45) is 0.574. The molecule has 0 aromatic heterocycles. The van der Waals surface area contributed by atoms with Crippen molar-refractivity contribution in [1.29, 1.82) is 0 Å². The van der Waals surface area contributed by atoms with E-state index in [2.05, 4.69) is 5.32 Å². The van der Waals surface area contributed by atoms with E-state index in [9.17, 15) is 9.59 Å². The number of anilines is 1. The van der Waals surface area contributed by atoms with E-state index in [4.69, 9.17) is 21.1 Å². The molecule has 2 amide bonds. The lowest BCUT2D eigenvalue weighted by atomic mass is 10.0. The summed E-state index contributed by atoms with van der Waals surface area (Å²) < 4.78 is 10.6. The molecule has 1 N–H and O–H groups in total. The van der Waals surface area contributed by atoms with Gasteiger partial charge in [0.1, 0.15) is 11.4 Å². The van der Waals surface area contributed by atoms with Crippen molar-refractivity contribution < 1.29 is 19.1 Å². The fourth-order valence-electron chi connectivity index (χ4n) is 3.25. The molecule has 0 bridgehead atoms. The minimum atomic E-state index is -0.360. The number of methoxy groups -OCH3 is 1. The van der Waals surface area contributed by atoms with Gasteiger partial charge in [-0.05, 0) is 55.7 Å². The van der Waals surface area contributed by atoms with Crippen LogP contribution in [0.3, 0.4) is 0 Å². The third-order valence-corrected chi connectivity index (χ3v) is 5.12. The Morgan fingerprint density at radius 3 is 2.47 bits per heavy atom. The highest BCUT2D eigenvalue weighted by atomic mass is 35.5. The number of rotatable bonds is 9. The van der Waals surface area contributed by atoms with Crippen LogP contribution in [0, 0.1) is 6.92 Å². The van der Waals surface area contributed by atoms with Gasteiger partial charge in [-0.15, -0.1) is 0 Å². The minimum Gasteiger partial charge on any atom is -0.497 e. The van der Waals surface area contributed by atoms with Crippen LogP contribution in [0.2, 0.25) is 5.02 Å². The summed E-state index contributed by atoms with van der Waals surface area (Å²) in [6, 6.07) is 12.5. The van der Waals surface area contributed by atoms with Gasteiger partial charge in [0, 0.05) is 30.5 Å². The molecule has 0 atom stereocenters. The Hall–Kier alpha value is -2.83. The Kier molecular flexibility index (Phi) is 7.13. The molecule has 2 aromatic rings. The van der Waals surface area contributed by atoms with Gasteiger partial charge in [0.15, 0.2) is 0 Å². The van der Waals surface area contributed by atoms with Crippen LogP contribution in [0.1, 0.15) is 24.5 Å². The average molecular weight is 429 g/mol. The molecule has 1 aliphatic rings. The van der Waals surface area contributed by atoms with Gasteiger partial charge in [-0.3, -0.25) is 14.5 Å². The van der Waals surface area contributed by atoms with E-state index in [1.54, 1.807) is 43.5 Å². The zero-order valence-corrected chi connectivity index (χ0v) is 18.1. The topological polar surface area (TPSA) is 67.9 Å². The van der Waals surface area contributed by atoms with Gasteiger partial charge >= 0.3 is 0 Å². The molecule has 30 heavy (non-hydrogen) atoms. The lowest BCUT2D eigenvalue weighted by molar-refractivity contribution is -0.137. The third kappa shape index (κ3) is 4.66. The number of nitrogens with zero attached hydrogens (tertiary/aromatic N) is 1. The van der Waals surface area contributed by atoms with Crippen molar-refractivity contribution >= 4 is 34.7 Å². The molecule has 3 rings (SSSR count). The fraction of sp³-hybridized carbons (Fsp3) is 0.304. The molecular weight excluding hydrogens is 404 g/mol. The highest BCUT2D eigenvalue weighted by Gasteiger charge is 2.39. The van der Waals surface area contributed by atoms with Crippen LogP contribution in [0.25, 0.3) is 5.57 Å². The predicted octanol–water partition coefficient (Wildman–Crippen LogP) is 4.28. The smallest absolute Gasteiger partial charge is 0.278 e. The van der Waals surface area contributed by atoms with Crippen LogP contribution in [-0.2, 0) is 14.3 Å². The number of carbonyl (C=O) groups excluding carboxylic acids is 2. The second-order valence-corrected chi connectivity index (χ2v) is 7.31. The van der Waals surface area contributed by atoms with Crippen LogP contribution < -0.4 is 10.1 Å². The summed E-state index contributed by atoms with van der Waals surface area (Å²) in [6.45, 7) is 5.19. The maximum atomic E-state index is 13.2. The summed E-state index contributed by atoms with van der Waals surface area (Å²) in [5.41, 5.74) is 2.81. The summed E-state index contributed by atoms with van der Waals surface area (Å²) in [7, 11) is 1.58. The largest absolute Gasteiger partial charge is 0.497 e. The Balaban J connectivity index is 1.97. The second kappa shape index (κ2) is 9.78. The predicted molar refractivity (Wildman–Crippen MR) is 118 cm³/mol. The van der Waals surface area contributed by atoms with Gasteiger partial charge in [-0.1, -0.05) is 29.8 Å². The number of ether oxygens (including phenoxy) is 2. The second-order valence-electron chi connectivity index (χ2n) is 6.88. The molecule has 6 nitrogen and oxygen atoms in total. The van der Waals surface area contributed by atoms with Crippen LogP contribution in [0.15, 0.2) is 48.2 Å². The van der Waals surface area contributed by atoms with Crippen LogP contribution in [0.4, 0.5) is 5.69 Å². The monoisotopic (exact) mass is 428 g/mol. The number of carbonyl (C=O) groups is 2. The number of imide groups is 1. The van der Waals surface area contributed by atoms with Gasteiger partial charge in [-0.25, -0.2) is 0 Å². The van der Waals surface area contributed by atoms with E-state index >= 15 is 0 Å². The molecule has 7 heteroatoms. The number of benzene rings is 2. The summed E-state index contributed by atoms with van der Waals surface area (Å²) in [5.74, 6) is -0.0181. The number of hydrogen-bond donors (Lipinski definition) is 1. The quantitative estimate of drug-likeness (QED) is 0.477. The summed E-state index contributed by atoms with van der Waals surface area (Å²) in [5, 5.41) is 3.70. The van der Waals surface area contributed by atoms with E-state index in [1.165, 1.54) is 4.90 Å². The first kappa shape index (κ1) is 21.9. The zero-order chi connectivity index (χ0) is 21.7. The fourth-order valence-corrected chi connectivity index (χ4v) is 3.43. The molecule has 1 heterocycles. The highest BCUT2D eigenvalue weighted by Crippen LogP contribution is 2.32. The summed E-state index contributed by atoms with van der Waals surface area (Å²) in [4.78, 5) is 27.6. The molecule has 0 saturated heterocycles. The Morgan fingerprint density at radius 1 is 1.07 bits per heavy atom. The SMILES string of the molecule is CCOCCCN1C(=O)C(Nc2cc(Cl)ccc2C)=C(c2ccc(OC)cc2)C1=O. The Morgan fingerprint density at radius 2 is 1.80 bits per heavy atom. The highest BCUT2D eigenvalue weighted by molar-refractivity contribution is 6.36. The maximum absolute atomic E-state index is 13.2. The lowest BCUT2D eigenvalue weighted by Crippen LogP contribution is -2.34. The van der Waals surface area contributed by atoms with Crippen molar-refractivity contribution in [2.75, 3.05) is 32.2 Å². The van der Waals surface area contributed by atoms with E-state index < -0.39 is 0 Å². The molecular formula is C23H25ClN2O4. The molecule has 0 radical (unpaired) electrons. The molecule has 0 fully saturated rings. The van der Waals surface area contributed by atoms with Gasteiger partial charge < -0.3 is 14.8 Å². The number of amides is 2. The van der Waals surface area contributed by atoms with E-state index in [1.807, 2.05) is 19.9 Å². The third-order valence-electron chi connectivity index (χ3n) is 4.88. The van der Waals surface area contributed by atoms with E-state index in [0.717, 1.165) is 5.56 Å². The van der Waals surface area contributed by atoms with Gasteiger partial charge in [0.05, 0.1) is 12.7 Å². The number of aryl methyl sites for hydroxylation is 1.